The zero-order valence-corrected chi connectivity index (χ0v) is 8.35. The summed E-state index contributed by atoms with van der Waals surface area (Å²) >= 11 is 5.77. The van der Waals surface area contributed by atoms with Crippen LogP contribution in [0.3, 0.4) is 0 Å². The highest BCUT2D eigenvalue weighted by atomic mass is 35.5. The van der Waals surface area contributed by atoms with Gasteiger partial charge in [0.05, 0.1) is 16.7 Å². The van der Waals surface area contributed by atoms with Gasteiger partial charge in [0.25, 0.3) is 5.69 Å². The predicted octanol–water partition coefficient (Wildman–Crippen LogP) is 2.35. The van der Waals surface area contributed by atoms with Crippen LogP contribution in [0.5, 0.6) is 0 Å². The van der Waals surface area contributed by atoms with Crippen LogP contribution in [-0.2, 0) is 4.79 Å². The molecule has 0 amide bonds. The fraction of sp³-hybridized carbons (Fsp3) is 0.222. The smallest absolute Gasteiger partial charge is 0.305 e. The summed E-state index contributed by atoms with van der Waals surface area (Å²) in [7, 11) is 0. The Morgan fingerprint density at radius 2 is 2.27 bits per heavy atom. The molecule has 1 atom stereocenters. The molecule has 0 aliphatic carbocycles. The maximum atomic E-state index is 10.4. The topological polar surface area (TPSA) is 80.4 Å². The summed E-state index contributed by atoms with van der Waals surface area (Å²) in [4.78, 5) is 20.3. The number of aliphatic carboxylic acids is 1. The van der Waals surface area contributed by atoms with Crippen LogP contribution >= 0.6 is 11.6 Å². The molecule has 0 saturated carbocycles. The number of nitrogens with zero attached hydrogens (tertiary/aromatic N) is 1. The Bertz CT molecular complexity index is 393. The van der Waals surface area contributed by atoms with Crippen molar-refractivity contribution < 1.29 is 14.8 Å². The van der Waals surface area contributed by atoms with Gasteiger partial charge in [0.2, 0.25) is 0 Å². The number of rotatable bonds is 4. The number of non-ortho nitro benzene ring substituents is 1. The van der Waals surface area contributed by atoms with E-state index in [0.29, 0.717) is 5.56 Å². The monoisotopic (exact) mass is 229 g/mol. The molecule has 15 heavy (non-hydrogen) atoms. The van der Waals surface area contributed by atoms with E-state index in [1.165, 1.54) is 18.2 Å². The fourth-order valence-corrected chi connectivity index (χ4v) is 1.37. The summed E-state index contributed by atoms with van der Waals surface area (Å²) in [5, 5.41) is 18.2. The highest BCUT2D eigenvalue weighted by molar-refractivity contribution is 6.21. The van der Waals surface area contributed by atoms with Crippen molar-refractivity contribution in [2.75, 3.05) is 0 Å². The predicted molar refractivity (Wildman–Crippen MR) is 53.9 cm³/mol. The normalized spacial score (nSPS) is 12.1. The zero-order chi connectivity index (χ0) is 11.4. The highest BCUT2D eigenvalue weighted by Gasteiger charge is 2.15. The quantitative estimate of drug-likeness (QED) is 0.488. The number of carboxylic acids is 1. The standard InChI is InChI=1S/C9H8ClNO4/c10-8(5-9(12)13)6-2-1-3-7(4-6)11(14)15/h1-4,8H,5H2,(H,12,13). The Labute approximate surface area is 90.4 Å². The van der Waals surface area contributed by atoms with E-state index in [0.717, 1.165) is 0 Å². The second-order valence-corrected chi connectivity index (χ2v) is 3.44. The molecule has 5 nitrogen and oxygen atoms in total. The van der Waals surface area contributed by atoms with Gasteiger partial charge in [-0.1, -0.05) is 12.1 Å². The minimum Gasteiger partial charge on any atom is -0.481 e. The third kappa shape index (κ3) is 3.21. The minimum absolute atomic E-state index is 0.0939. The summed E-state index contributed by atoms with van der Waals surface area (Å²) in [5.74, 6) is -1.04. The van der Waals surface area contributed by atoms with E-state index in [1.54, 1.807) is 6.07 Å². The lowest BCUT2D eigenvalue weighted by Crippen LogP contribution is -2.01. The Morgan fingerprint density at radius 3 is 2.80 bits per heavy atom. The van der Waals surface area contributed by atoms with Crippen molar-refractivity contribution in [2.45, 2.75) is 11.8 Å². The summed E-state index contributed by atoms with van der Waals surface area (Å²) < 4.78 is 0. The van der Waals surface area contributed by atoms with E-state index >= 15 is 0 Å². The molecule has 80 valence electrons. The molecule has 0 bridgehead atoms. The number of nitro groups is 1. The van der Waals surface area contributed by atoms with Crippen molar-refractivity contribution in [1.82, 2.24) is 0 Å². The van der Waals surface area contributed by atoms with Crippen molar-refractivity contribution in [3.05, 3.63) is 39.9 Å². The number of carboxylic acid groups (broad SMARTS) is 1. The third-order valence-electron chi connectivity index (χ3n) is 1.80. The van der Waals surface area contributed by atoms with E-state index in [2.05, 4.69) is 0 Å². The molecule has 0 radical (unpaired) electrons. The lowest BCUT2D eigenvalue weighted by molar-refractivity contribution is -0.384. The Hall–Kier alpha value is -1.62. The Kier molecular flexibility index (Phi) is 3.62. The molecule has 0 saturated heterocycles. The molecule has 1 unspecified atom stereocenters. The number of hydrogen-bond donors (Lipinski definition) is 1. The second-order valence-electron chi connectivity index (χ2n) is 2.92. The first-order valence-electron chi connectivity index (χ1n) is 4.11. The van der Waals surface area contributed by atoms with Crippen LogP contribution in [0, 0.1) is 10.1 Å². The minimum atomic E-state index is -1.04. The summed E-state index contributed by atoms with van der Waals surface area (Å²) in [5.41, 5.74) is 0.344. The molecule has 1 aromatic rings. The van der Waals surface area contributed by atoms with Gasteiger partial charge in [0.15, 0.2) is 0 Å². The van der Waals surface area contributed by atoms with Gasteiger partial charge in [-0.15, -0.1) is 11.6 Å². The largest absolute Gasteiger partial charge is 0.481 e. The summed E-state index contributed by atoms with van der Waals surface area (Å²) in [6, 6.07) is 5.65. The molecule has 0 aromatic heterocycles. The highest BCUT2D eigenvalue weighted by Crippen LogP contribution is 2.26. The van der Waals surface area contributed by atoms with Crippen molar-refractivity contribution >= 4 is 23.3 Å². The van der Waals surface area contributed by atoms with Gasteiger partial charge in [-0.3, -0.25) is 14.9 Å². The molecular formula is C9H8ClNO4. The molecule has 1 N–H and O–H groups in total. The molecular weight excluding hydrogens is 222 g/mol. The molecule has 0 heterocycles. The Morgan fingerprint density at radius 1 is 1.60 bits per heavy atom. The molecule has 0 spiro atoms. The van der Waals surface area contributed by atoms with Crippen molar-refractivity contribution in [3.8, 4) is 0 Å². The summed E-state index contributed by atoms with van der Waals surface area (Å²) in [6.07, 6.45) is -0.261. The Balaban J connectivity index is 2.89. The number of hydrogen-bond acceptors (Lipinski definition) is 3. The van der Waals surface area contributed by atoms with Gasteiger partial charge in [0.1, 0.15) is 0 Å². The van der Waals surface area contributed by atoms with Crippen LogP contribution in [0.4, 0.5) is 5.69 Å². The number of benzene rings is 1. The van der Waals surface area contributed by atoms with Crippen LogP contribution < -0.4 is 0 Å². The van der Waals surface area contributed by atoms with Crippen molar-refractivity contribution in [2.24, 2.45) is 0 Å². The fourth-order valence-electron chi connectivity index (χ4n) is 1.10. The van der Waals surface area contributed by atoms with Gasteiger partial charge in [-0.2, -0.15) is 0 Å². The van der Waals surface area contributed by atoms with Crippen LogP contribution in [0.2, 0.25) is 0 Å². The van der Waals surface area contributed by atoms with E-state index < -0.39 is 16.3 Å². The molecule has 1 aromatic carbocycles. The maximum Gasteiger partial charge on any atom is 0.305 e. The van der Waals surface area contributed by atoms with Crippen LogP contribution in [0.15, 0.2) is 24.3 Å². The molecule has 0 aliphatic heterocycles. The van der Waals surface area contributed by atoms with Gasteiger partial charge in [0, 0.05) is 12.1 Å². The number of halogens is 1. The molecule has 0 fully saturated rings. The average Bonchev–Trinajstić information content (AvgIpc) is 2.17. The van der Waals surface area contributed by atoms with E-state index in [4.69, 9.17) is 16.7 Å². The van der Waals surface area contributed by atoms with Crippen LogP contribution in [0.1, 0.15) is 17.4 Å². The summed E-state index contributed by atoms with van der Waals surface area (Å²) in [6.45, 7) is 0. The van der Waals surface area contributed by atoms with E-state index in [-0.39, 0.29) is 12.1 Å². The van der Waals surface area contributed by atoms with Crippen LogP contribution in [-0.4, -0.2) is 16.0 Å². The molecule has 1 rings (SSSR count). The van der Waals surface area contributed by atoms with Gasteiger partial charge in [-0.25, -0.2) is 0 Å². The lowest BCUT2D eigenvalue weighted by atomic mass is 10.1. The van der Waals surface area contributed by atoms with Gasteiger partial charge in [-0.05, 0) is 5.56 Å². The first kappa shape index (κ1) is 11.5. The van der Waals surface area contributed by atoms with Crippen molar-refractivity contribution in [3.63, 3.8) is 0 Å². The van der Waals surface area contributed by atoms with Gasteiger partial charge < -0.3 is 5.11 Å². The van der Waals surface area contributed by atoms with Gasteiger partial charge >= 0.3 is 5.97 Å². The lowest BCUT2D eigenvalue weighted by Gasteiger charge is -2.05. The van der Waals surface area contributed by atoms with Crippen molar-refractivity contribution in [1.29, 1.82) is 0 Å². The first-order valence-corrected chi connectivity index (χ1v) is 4.54. The average molecular weight is 230 g/mol. The second kappa shape index (κ2) is 4.75. The third-order valence-corrected chi connectivity index (χ3v) is 2.20. The van der Waals surface area contributed by atoms with E-state index in [9.17, 15) is 14.9 Å². The number of alkyl halides is 1. The SMILES string of the molecule is O=C(O)CC(Cl)c1cccc([N+](=O)[O-])c1. The maximum absolute atomic E-state index is 10.4. The zero-order valence-electron chi connectivity index (χ0n) is 7.59. The number of nitro benzene ring substituents is 1. The number of carbonyl (C=O) groups is 1. The van der Waals surface area contributed by atoms with Crippen LogP contribution in [0.25, 0.3) is 0 Å². The molecule has 0 aliphatic rings. The van der Waals surface area contributed by atoms with E-state index in [1.807, 2.05) is 0 Å². The first-order chi connectivity index (χ1) is 7.00. The molecule has 6 heteroatoms.